The third-order valence-electron chi connectivity index (χ3n) is 2.91. The van der Waals surface area contributed by atoms with E-state index in [0.29, 0.717) is 25.0 Å². The highest BCUT2D eigenvalue weighted by molar-refractivity contribution is 5.61. The van der Waals surface area contributed by atoms with E-state index < -0.39 is 0 Å². The first-order valence-electron chi connectivity index (χ1n) is 6.95. The molecule has 7 heteroatoms. The summed E-state index contributed by atoms with van der Waals surface area (Å²) < 4.78 is 11.0. The van der Waals surface area contributed by atoms with Crippen LogP contribution in [0.2, 0.25) is 0 Å². The zero-order valence-corrected chi connectivity index (χ0v) is 11.8. The van der Waals surface area contributed by atoms with Gasteiger partial charge in [-0.15, -0.1) is 5.10 Å². The topological polar surface area (TPSA) is 81.2 Å². The summed E-state index contributed by atoms with van der Waals surface area (Å²) in [5, 5.41) is 14.1. The fourth-order valence-corrected chi connectivity index (χ4v) is 1.94. The highest BCUT2D eigenvalue weighted by Crippen LogP contribution is 2.33. The van der Waals surface area contributed by atoms with E-state index >= 15 is 0 Å². The van der Waals surface area contributed by atoms with Crippen molar-refractivity contribution >= 4 is 17.5 Å². The first-order chi connectivity index (χ1) is 10.3. The smallest absolute Gasteiger partial charge is 0.244 e. The molecule has 1 aromatic carbocycles. The second-order valence-electron chi connectivity index (χ2n) is 4.58. The van der Waals surface area contributed by atoms with Crippen LogP contribution in [0.5, 0.6) is 11.5 Å². The van der Waals surface area contributed by atoms with E-state index in [1.54, 1.807) is 6.20 Å². The van der Waals surface area contributed by atoms with Crippen LogP contribution in [0.25, 0.3) is 0 Å². The summed E-state index contributed by atoms with van der Waals surface area (Å²) in [6.07, 6.45) is 2.58. The maximum Gasteiger partial charge on any atom is 0.244 e. The number of nitrogens with zero attached hydrogens (tertiary/aromatic N) is 3. The number of anilines is 3. The molecule has 0 aliphatic carbocycles. The van der Waals surface area contributed by atoms with E-state index in [2.05, 4.69) is 32.7 Å². The van der Waals surface area contributed by atoms with Crippen LogP contribution in [-0.2, 0) is 0 Å². The van der Waals surface area contributed by atoms with Crippen LogP contribution >= 0.6 is 0 Å². The third-order valence-corrected chi connectivity index (χ3v) is 2.91. The summed E-state index contributed by atoms with van der Waals surface area (Å²) in [5.41, 5.74) is 0.862. The first-order valence-corrected chi connectivity index (χ1v) is 6.95. The fourth-order valence-electron chi connectivity index (χ4n) is 1.94. The normalized spacial score (nSPS) is 12.8. The van der Waals surface area contributed by atoms with E-state index in [4.69, 9.17) is 9.47 Å². The molecule has 3 rings (SSSR count). The Kier molecular flexibility index (Phi) is 3.99. The van der Waals surface area contributed by atoms with Crippen molar-refractivity contribution < 1.29 is 9.47 Å². The van der Waals surface area contributed by atoms with Gasteiger partial charge in [0, 0.05) is 18.3 Å². The molecule has 0 fully saturated rings. The monoisotopic (exact) mass is 287 g/mol. The standard InChI is InChI=1S/C14H17N5O2/c1-2-5-15-14-18-13(9-16-19-14)17-10-3-4-11-12(8-10)21-7-6-20-11/h3-4,8-9H,2,5-7H2,1H3,(H2,15,17,18,19). The van der Waals surface area contributed by atoms with Gasteiger partial charge in [-0.3, -0.25) is 0 Å². The molecule has 0 amide bonds. The minimum Gasteiger partial charge on any atom is -0.486 e. The highest BCUT2D eigenvalue weighted by Gasteiger charge is 2.12. The number of ether oxygens (including phenoxy) is 2. The van der Waals surface area contributed by atoms with Crippen molar-refractivity contribution in [2.24, 2.45) is 0 Å². The Hall–Kier alpha value is -2.57. The molecule has 0 spiro atoms. The van der Waals surface area contributed by atoms with Gasteiger partial charge in [-0.1, -0.05) is 6.92 Å². The van der Waals surface area contributed by atoms with Crippen LogP contribution < -0.4 is 20.1 Å². The van der Waals surface area contributed by atoms with E-state index in [9.17, 15) is 0 Å². The molecular formula is C14H17N5O2. The van der Waals surface area contributed by atoms with E-state index in [1.807, 2.05) is 18.2 Å². The maximum absolute atomic E-state index is 5.55. The molecule has 2 heterocycles. The van der Waals surface area contributed by atoms with E-state index in [0.717, 1.165) is 30.2 Å². The molecule has 0 bridgehead atoms. The highest BCUT2D eigenvalue weighted by atomic mass is 16.6. The minimum absolute atomic E-state index is 0.513. The second-order valence-corrected chi connectivity index (χ2v) is 4.58. The lowest BCUT2D eigenvalue weighted by atomic mass is 10.2. The zero-order chi connectivity index (χ0) is 14.5. The summed E-state index contributed by atoms with van der Waals surface area (Å²) in [7, 11) is 0. The second kappa shape index (κ2) is 6.25. The summed E-state index contributed by atoms with van der Waals surface area (Å²) >= 11 is 0. The predicted molar refractivity (Wildman–Crippen MR) is 79.3 cm³/mol. The van der Waals surface area contributed by atoms with Crippen molar-refractivity contribution in [3.05, 3.63) is 24.4 Å². The van der Waals surface area contributed by atoms with Crippen LogP contribution in [0.1, 0.15) is 13.3 Å². The van der Waals surface area contributed by atoms with Gasteiger partial charge < -0.3 is 20.1 Å². The maximum atomic E-state index is 5.55. The lowest BCUT2D eigenvalue weighted by Gasteiger charge is -2.19. The van der Waals surface area contributed by atoms with Crippen LogP contribution in [0, 0.1) is 0 Å². The average Bonchev–Trinajstić information content (AvgIpc) is 2.53. The molecule has 2 N–H and O–H groups in total. The van der Waals surface area contributed by atoms with Crippen molar-refractivity contribution in [1.82, 2.24) is 15.2 Å². The zero-order valence-electron chi connectivity index (χ0n) is 11.8. The van der Waals surface area contributed by atoms with Gasteiger partial charge in [0.05, 0.1) is 6.20 Å². The molecule has 1 aliphatic heterocycles. The van der Waals surface area contributed by atoms with Crippen LogP contribution in [0.15, 0.2) is 24.4 Å². The molecule has 2 aromatic rings. The van der Waals surface area contributed by atoms with Gasteiger partial charge >= 0.3 is 0 Å². The number of fused-ring (bicyclic) bond motifs is 1. The molecular weight excluding hydrogens is 270 g/mol. The molecule has 0 radical (unpaired) electrons. The average molecular weight is 287 g/mol. The SMILES string of the molecule is CCCNc1nncc(Nc2ccc3c(c2)OCCO3)n1. The van der Waals surface area contributed by atoms with Crippen LogP contribution in [-0.4, -0.2) is 34.9 Å². The van der Waals surface area contributed by atoms with Crippen molar-refractivity contribution in [3.8, 4) is 11.5 Å². The quantitative estimate of drug-likeness (QED) is 0.872. The van der Waals surface area contributed by atoms with Gasteiger partial charge in [-0.05, 0) is 18.6 Å². The molecule has 21 heavy (non-hydrogen) atoms. The van der Waals surface area contributed by atoms with Gasteiger partial charge in [0.25, 0.3) is 0 Å². The molecule has 110 valence electrons. The Bertz CT molecular complexity index is 620. The Morgan fingerprint density at radius 1 is 1.19 bits per heavy atom. The molecule has 1 aliphatic rings. The van der Waals surface area contributed by atoms with Crippen molar-refractivity contribution in [1.29, 1.82) is 0 Å². The van der Waals surface area contributed by atoms with E-state index in [-0.39, 0.29) is 0 Å². The number of aromatic nitrogens is 3. The van der Waals surface area contributed by atoms with Gasteiger partial charge in [-0.2, -0.15) is 10.1 Å². The third kappa shape index (κ3) is 3.31. The Morgan fingerprint density at radius 2 is 2.05 bits per heavy atom. The predicted octanol–water partition coefficient (Wildman–Crippen LogP) is 2.21. The molecule has 0 saturated heterocycles. The van der Waals surface area contributed by atoms with Gasteiger partial charge in [0.1, 0.15) is 13.2 Å². The number of nitrogens with one attached hydrogen (secondary N) is 2. The Morgan fingerprint density at radius 3 is 2.90 bits per heavy atom. The number of rotatable bonds is 5. The van der Waals surface area contributed by atoms with Gasteiger partial charge in [0.2, 0.25) is 5.95 Å². The largest absolute Gasteiger partial charge is 0.486 e. The van der Waals surface area contributed by atoms with Gasteiger partial charge in [0.15, 0.2) is 17.3 Å². The minimum atomic E-state index is 0.513. The Labute approximate surface area is 122 Å². The first kappa shape index (κ1) is 13.4. The summed E-state index contributed by atoms with van der Waals surface area (Å²) in [4.78, 5) is 4.35. The van der Waals surface area contributed by atoms with Crippen molar-refractivity contribution in [2.45, 2.75) is 13.3 Å². The van der Waals surface area contributed by atoms with Crippen molar-refractivity contribution in [2.75, 3.05) is 30.4 Å². The molecule has 7 nitrogen and oxygen atoms in total. The van der Waals surface area contributed by atoms with Crippen LogP contribution in [0.4, 0.5) is 17.5 Å². The Balaban J connectivity index is 1.74. The lowest BCUT2D eigenvalue weighted by Crippen LogP contribution is -2.15. The van der Waals surface area contributed by atoms with Crippen molar-refractivity contribution in [3.63, 3.8) is 0 Å². The molecule has 0 unspecified atom stereocenters. The number of benzene rings is 1. The summed E-state index contributed by atoms with van der Waals surface area (Å²) in [6, 6.07) is 5.67. The number of hydrogen-bond acceptors (Lipinski definition) is 7. The summed E-state index contributed by atoms with van der Waals surface area (Å²) in [6.45, 7) is 4.05. The lowest BCUT2D eigenvalue weighted by molar-refractivity contribution is 0.171. The van der Waals surface area contributed by atoms with Crippen LogP contribution in [0.3, 0.4) is 0 Å². The fraction of sp³-hybridized carbons (Fsp3) is 0.357. The summed E-state index contributed by atoms with van der Waals surface area (Å²) in [5.74, 6) is 2.63. The molecule has 0 saturated carbocycles. The molecule has 0 atom stereocenters. The molecule has 1 aromatic heterocycles. The van der Waals surface area contributed by atoms with Gasteiger partial charge in [-0.25, -0.2) is 0 Å². The number of hydrogen-bond donors (Lipinski definition) is 2. The van der Waals surface area contributed by atoms with E-state index in [1.165, 1.54) is 0 Å².